The Labute approximate surface area is 136 Å². The van der Waals surface area contributed by atoms with Crippen molar-refractivity contribution in [2.24, 2.45) is 0 Å². The summed E-state index contributed by atoms with van der Waals surface area (Å²) in [6.07, 6.45) is 1.74. The lowest BCUT2D eigenvalue weighted by Crippen LogP contribution is -2.16. The summed E-state index contributed by atoms with van der Waals surface area (Å²) < 4.78 is 0. The maximum absolute atomic E-state index is 12.7. The maximum Gasteiger partial charge on any atom is 0.256 e. The van der Waals surface area contributed by atoms with E-state index >= 15 is 0 Å². The molecule has 0 aliphatic heterocycles. The number of hydrogen-bond acceptors (Lipinski definition) is 2. The van der Waals surface area contributed by atoms with E-state index in [-0.39, 0.29) is 11.3 Å². The van der Waals surface area contributed by atoms with Crippen LogP contribution in [0.25, 0.3) is 10.8 Å². The van der Waals surface area contributed by atoms with E-state index in [2.05, 4.69) is 31.1 Å². The second-order valence-electron chi connectivity index (χ2n) is 6.66. The summed E-state index contributed by atoms with van der Waals surface area (Å²) in [5.41, 5.74) is 2.34. The van der Waals surface area contributed by atoms with Crippen LogP contribution in [0.5, 0.6) is 0 Å². The molecule has 0 bridgehead atoms. The predicted molar refractivity (Wildman–Crippen MR) is 94.8 cm³/mol. The standard InChI is InChI=1S/C20H20N2O/c1-20(2,3)18-13-15(11-12-21-18)22-19(23)17-10-6-8-14-7-4-5-9-16(14)17/h4-13H,1-3H3,(H,21,22,23). The van der Waals surface area contributed by atoms with Crippen molar-refractivity contribution in [1.82, 2.24) is 4.98 Å². The van der Waals surface area contributed by atoms with Gasteiger partial charge < -0.3 is 5.32 Å². The van der Waals surface area contributed by atoms with Crippen LogP contribution in [0.3, 0.4) is 0 Å². The van der Waals surface area contributed by atoms with E-state index < -0.39 is 0 Å². The van der Waals surface area contributed by atoms with Crippen molar-refractivity contribution in [2.45, 2.75) is 26.2 Å². The summed E-state index contributed by atoms with van der Waals surface area (Å²) in [6, 6.07) is 17.4. The van der Waals surface area contributed by atoms with Crippen LogP contribution in [0.4, 0.5) is 5.69 Å². The van der Waals surface area contributed by atoms with Gasteiger partial charge in [-0.1, -0.05) is 57.2 Å². The number of benzene rings is 2. The normalized spacial score (nSPS) is 11.4. The average molecular weight is 304 g/mol. The molecular weight excluding hydrogens is 284 g/mol. The monoisotopic (exact) mass is 304 g/mol. The number of nitrogens with one attached hydrogen (secondary N) is 1. The second-order valence-corrected chi connectivity index (χ2v) is 6.66. The molecule has 3 heteroatoms. The average Bonchev–Trinajstić information content (AvgIpc) is 2.53. The van der Waals surface area contributed by atoms with Gasteiger partial charge in [0.2, 0.25) is 0 Å². The van der Waals surface area contributed by atoms with Gasteiger partial charge in [0.25, 0.3) is 5.91 Å². The fourth-order valence-electron chi connectivity index (χ4n) is 2.54. The van der Waals surface area contributed by atoms with Crippen molar-refractivity contribution < 1.29 is 4.79 Å². The highest BCUT2D eigenvalue weighted by Gasteiger charge is 2.16. The highest BCUT2D eigenvalue weighted by molar-refractivity contribution is 6.12. The van der Waals surface area contributed by atoms with Crippen molar-refractivity contribution in [2.75, 3.05) is 5.32 Å². The lowest BCUT2D eigenvalue weighted by atomic mass is 9.91. The van der Waals surface area contributed by atoms with Gasteiger partial charge in [0.05, 0.1) is 0 Å². The second kappa shape index (κ2) is 5.84. The van der Waals surface area contributed by atoms with Crippen LogP contribution in [0.1, 0.15) is 36.8 Å². The van der Waals surface area contributed by atoms with Crippen LogP contribution < -0.4 is 5.32 Å². The Bertz CT molecular complexity index is 857. The molecule has 0 aliphatic rings. The van der Waals surface area contributed by atoms with Gasteiger partial charge in [-0.15, -0.1) is 0 Å². The van der Waals surface area contributed by atoms with Crippen molar-refractivity contribution in [3.05, 3.63) is 72.1 Å². The molecule has 116 valence electrons. The third kappa shape index (κ3) is 3.24. The van der Waals surface area contributed by atoms with E-state index in [4.69, 9.17) is 0 Å². The van der Waals surface area contributed by atoms with Crippen molar-refractivity contribution in [3.63, 3.8) is 0 Å². The van der Waals surface area contributed by atoms with Crippen LogP contribution in [0.2, 0.25) is 0 Å². The van der Waals surface area contributed by atoms with E-state index in [0.29, 0.717) is 5.56 Å². The summed E-state index contributed by atoms with van der Waals surface area (Å²) in [5.74, 6) is -0.104. The van der Waals surface area contributed by atoms with E-state index in [1.807, 2.05) is 54.6 Å². The van der Waals surface area contributed by atoms with Gasteiger partial charge in [0.15, 0.2) is 0 Å². The maximum atomic E-state index is 12.7. The van der Waals surface area contributed by atoms with Gasteiger partial charge in [-0.05, 0) is 29.0 Å². The number of rotatable bonds is 2. The van der Waals surface area contributed by atoms with E-state index in [9.17, 15) is 4.79 Å². The molecule has 0 radical (unpaired) electrons. The van der Waals surface area contributed by atoms with E-state index in [1.165, 1.54) is 0 Å². The number of nitrogens with zero attached hydrogens (tertiary/aromatic N) is 1. The summed E-state index contributed by atoms with van der Waals surface area (Å²) in [5, 5.41) is 5.00. The fourth-order valence-corrected chi connectivity index (χ4v) is 2.54. The van der Waals surface area contributed by atoms with Gasteiger partial charge in [0, 0.05) is 28.6 Å². The molecule has 1 aromatic heterocycles. The smallest absolute Gasteiger partial charge is 0.256 e. The molecule has 0 spiro atoms. The van der Waals surface area contributed by atoms with Crippen molar-refractivity contribution in [1.29, 1.82) is 0 Å². The Morgan fingerprint density at radius 1 is 1.00 bits per heavy atom. The van der Waals surface area contributed by atoms with Crippen molar-refractivity contribution in [3.8, 4) is 0 Å². The Morgan fingerprint density at radius 2 is 1.74 bits per heavy atom. The molecule has 0 fully saturated rings. The summed E-state index contributed by atoms with van der Waals surface area (Å²) in [7, 11) is 0. The SMILES string of the molecule is CC(C)(C)c1cc(NC(=O)c2cccc3ccccc23)ccn1. The number of pyridine rings is 1. The molecule has 0 unspecified atom stereocenters. The van der Waals surface area contributed by atoms with Gasteiger partial charge in [-0.3, -0.25) is 9.78 Å². The lowest BCUT2D eigenvalue weighted by Gasteiger charge is -2.18. The topological polar surface area (TPSA) is 42.0 Å². The number of anilines is 1. The Morgan fingerprint density at radius 3 is 2.52 bits per heavy atom. The Balaban J connectivity index is 1.93. The third-order valence-corrected chi connectivity index (χ3v) is 3.82. The minimum Gasteiger partial charge on any atom is -0.322 e. The molecule has 3 rings (SSSR count). The Kier molecular flexibility index (Phi) is 3.87. The molecular formula is C20H20N2O. The zero-order valence-corrected chi connectivity index (χ0v) is 13.6. The largest absolute Gasteiger partial charge is 0.322 e. The van der Waals surface area contributed by atoms with Crippen LogP contribution in [-0.4, -0.2) is 10.9 Å². The third-order valence-electron chi connectivity index (χ3n) is 3.82. The minimum atomic E-state index is -0.104. The molecule has 1 amide bonds. The van der Waals surface area contributed by atoms with Crippen molar-refractivity contribution >= 4 is 22.4 Å². The predicted octanol–water partition coefficient (Wildman–Crippen LogP) is 4.78. The number of hydrogen-bond donors (Lipinski definition) is 1. The minimum absolute atomic E-state index is 0.0554. The molecule has 0 saturated carbocycles. The number of amides is 1. The van der Waals surface area contributed by atoms with Gasteiger partial charge >= 0.3 is 0 Å². The summed E-state index contributed by atoms with van der Waals surface area (Å²) in [4.78, 5) is 17.0. The summed E-state index contributed by atoms with van der Waals surface area (Å²) in [6.45, 7) is 6.31. The molecule has 3 aromatic rings. The first-order valence-corrected chi connectivity index (χ1v) is 7.71. The van der Waals surface area contributed by atoms with Gasteiger partial charge in [-0.2, -0.15) is 0 Å². The fraction of sp³-hybridized carbons (Fsp3) is 0.200. The Hall–Kier alpha value is -2.68. The number of carbonyl (C=O) groups excluding carboxylic acids is 1. The molecule has 0 atom stereocenters. The highest BCUT2D eigenvalue weighted by atomic mass is 16.1. The van der Waals surface area contributed by atoms with Crippen LogP contribution in [-0.2, 0) is 5.41 Å². The zero-order chi connectivity index (χ0) is 16.4. The summed E-state index contributed by atoms with van der Waals surface area (Å²) >= 11 is 0. The molecule has 0 saturated heterocycles. The zero-order valence-electron chi connectivity index (χ0n) is 13.6. The quantitative estimate of drug-likeness (QED) is 0.740. The van der Waals surface area contributed by atoms with Gasteiger partial charge in [-0.25, -0.2) is 0 Å². The molecule has 1 heterocycles. The highest BCUT2D eigenvalue weighted by Crippen LogP contribution is 2.23. The molecule has 0 aliphatic carbocycles. The first-order chi connectivity index (χ1) is 10.9. The first kappa shape index (κ1) is 15.2. The first-order valence-electron chi connectivity index (χ1n) is 7.71. The number of aromatic nitrogens is 1. The number of carbonyl (C=O) groups is 1. The lowest BCUT2D eigenvalue weighted by molar-refractivity contribution is 0.102. The molecule has 3 nitrogen and oxygen atoms in total. The molecule has 2 aromatic carbocycles. The van der Waals surface area contributed by atoms with Crippen LogP contribution in [0, 0.1) is 0 Å². The van der Waals surface area contributed by atoms with E-state index in [1.54, 1.807) is 6.20 Å². The molecule has 1 N–H and O–H groups in total. The van der Waals surface area contributed by atoms with Crippen LogP contribution in [0.15, 0.2) is 60.8 Å². The molecule has 23 heavy (non-hydrogen) atoms. The van der Waals surface area contributed by atoms with Gasteiger partial charge in [0.1, 0.15) is 0 Å². The van der Waals surface area contributed by atoms with E-state index in [0.717, 1.165) is 22.2 Å². The number of fused-ring (bicyclic) bond motifs is 1. The van der Waals surface area contributed by atoms with Crippen LogP contribution >= 0.6 is 0 Å².